The summed E-state index contributed by atoms with van der Waals surface area (Å²) >= 11 is 0. The molecule has 0 radical (unpaired) electrons. The molecule has 2 atom stereocenters. The van der Waals surface area contributed by atoms with E-state index in [1.807, 2.05) is 12.1 Å². The molecule has 1 fully saturated rings. The molecule has 116 valence electrons. The quantitative estimate of drug-likeness (QED) is 0.805. The molecule has 2 N–H and O–H groups in total. The minimum absolute atomic E-state index is 0.431. The summed E-state index contributed by atoms with van der Waals surface area (Å²) in [5, 5.41) is 18.9. The first-order valence-corrected chi connectivity index (χ1v) is 7.74. The molecule has 2 unspecified atom stereocenters. The first-order valence-electron chi connectivity index (χ1n) is 7.74. The molecule has 4 nitrogen and oxygen atoms in total. The summed E-state index contributed by atoms with van der Waals surface area (Å²) in [5.74, 6) is 1.32. The normalized spacial score (nSPS) is 22.4. The van der Waals surface area contributed by atoms with E-state index in [4.69, 9.17) is 4.74 Å². The number of benzene rings is 1. The van der Waals surface area contributed by atoms with Crippen molar-refractivity contribution >= 4 is 12.6 Å². The molecule has 21 heavy (non-hydrogen) atoms. The van der Waals surface area contributed by atoms with Crippen LogP contribution in [0.2, 0.25) is 0 Å². The van der Waals surface area contributed by atoms with E-state index in [1.165, 1.54) is 32.8 Å². The fourth-order valence-electron chi connectivity index (χ4n) is 3.30. The summed E-state index contributed by atoms with van der Waals surface area (Å²) in [6.45, 7) is 3.15. The van der Waals surface area contributed by atoms with Gasteiger partial charge in [0.2, 0.25) is 0 Å². The van der Waals surface area contributed by atoms with Gasteiger partial charge in [0.1, 0.15) is 5.75 Å². The van der Waals surface area contributed by atoms with Crippen molar-refractivity contribution < 1.29 is 14.8 Å². The van der Waals surface area contributed by atoms with Crippen LogP contribution in [0.1, 0.15) is 38.2 Å². The van der Waals surface area contributed by atoms with Gasteiger partial charge >= 0.3 is 7.12 Å². The lowest BCUT2D eigenvalue weighted by Gasteiger charge is -2.34. The van der Waals surface area contributed by atoms with E-state index in [0.29, 0.717) is 17.3 Å². The van der Waals surface area contributed by atoms with Crippen molar-refractivity contribution in [2.75, 3.05) is 14.2 Å². The second-order valence-corrected chi connectivity index (χ2v) is 6.29. The zero-order valence-electron chi connectivity index (χ0n) is 13.2. The molecule has 0 aromatic heterocycles. The molecule has 0 bridgehead atoms. The lowest BCUT2D eigenvalue weighted by molar-refractivity contribution is 0.157. The summed E-state index contributed by atoms with van der Waals surface area (Å²) in [7, 11) is 2.19. The number of hydrogen-bond acceptors (Lipinski definition) is 4. The van der Waals surface area contributed by atoms with Gasteiger partial charge in [-0.25, -0.2) is 0 Å². The average Bonchev–Trinajstić information content (AvgIpc) is 2.47. The largest absolute Gasteiger partial charge is 0.497 e. The minimum Gasteiger partial charge on any atom is -0.497 e. The minimum atomic E-state index is -1.50. The van der Waals surface area contributed by atoms with Crippen molar-refractivity contribution in [3.05, 3.63) is 23.8 Å². The fourth-order valence-corrected chi connectivity index (χ4v) is 3.30. The molecule has 1 aliphatic carbocycles. The Morgan fingerprint density at radius 3 is 2.71 bits per heavy atom. The van der Waals surface area contributed by atoms with E-state index in [-0.39, 0.29) is 0 Å². The highest BCUT2D eigenvalue weighted by Crippen LogP contribution is 2.27. The molecule has 2 rings (SSSR count). The highest BCUT2D eigenvalue weighted by Gasteiger charge is 2.23. The van der Waals surface area contributed by atoms with Crippen molar-refractivity contribution in [3.63, 3.8) is 0 Å². The zero-order valence-corrected chi connectivity index (χ0v) is 13.2. The van der Waals surface area contributed by atoms with Crippen LogP contribution >= 0.6 is 0 Å². The monoisotopic (exact) mass is 291 g/mol. The lowest BCUT2D eigenvalue weighted by Crippen LogP contribution is -2.36. The van der Waals surface area contributed by atoms with Crippen molar-refractivity contribution in [1.82, 2.24) is 4.90 Å². The van der Waals surface area contributed by atoms with Crippen molar-refractivity contribution in [2.24, 2.45) is 5.92 Å². The summed E-state index contributed by atoms with van der Waals surface area (Å²) in [5.41, 5.74) is 1.51. The van der Waals surface area contributed by atoms with Crippen LogP contribution in [0.3, 0.4) is 0 Å². The Labute approximate surface area is 127 Å². The predicted octanol–water partition coefficient (Wildman–Crippen LogP) is 1.39. The second kappa shape index (κ2) is 7.30. The molecule has 0 aliphatic heterocycles. The third-order valence-electron chi connectivity index (χ3n) is 4.54. The van der Waals surface area contributed by atoms with Gasteiger partial charge in [-0.05, 0) is 37.4 Å². The second-order valence-electron chi connectivity index (χ2n) is 6.29. The first-order chi connectivity index (χ1) is 10.0. The molecule has 0 spiro atoms. The van der Waals surface area contributed by atoms with E-state index < -0.39 is 7.12 Å². The van der Waals surface area contributed by atoms with Gasteiger partial charge in [-0.3, -0.25) is 4.90 Å². The maximum atomic E-state index is 9.44. The van der Waals surface area contributed by atoms with Crippen molar-refractivity contribution in [2.45, 2.75) is 45.2 Å². The topological polar surface area (TPSA) is 52.9 Å². The Kier molecular flexibility index (Phi) is 5.68. The van der Waals surface area contributed by atoms with E-state index >= 15 is 0 Å². The SMILES string of the molecule is COc1ccc(CN(C)C2CCCC(C)C2)cc1B(O)O. The first kappa shape index (κ1) is 16.3. The van der Waals surface area contributed by atoms with Gasteiger partial charge in [0.25, 0.3) is 0 Å². The molecule has 1 saturated carbocycles. The standard InChI is InChI=1S/C16H26BNO3/c1-12-5-4-6-14(9-12)18(2)11-13-7-8-16(21-3)15(10-13)17(19)20/h7-8,10,12,14,19-20H,4-6,9,11H2,1-3H3. The number of methoxy groups -OCH3 is 1. The van der Waals surface area contributed by atoms with E-state index in [0.717, 1.165) is 18.0 Å². The van der Waals surface area contributed by atoms with Crippen LogP contribution in [0, 0.1) is 5.92 Å². The summed E-state index contributed by atoms with van der Waals surface area (Å²) < 4.78 is 5.16. The Bertz CT molecular complexity index is 467. The molecule has 1 aromatic carbocycles. The molecular formula is C16H26BNO3. The number of rotatable bonds is 5. The van der Waals surface area contributed by atoms with Gasteiger partial charge in [-0.1, -0.05) is 31.9 Å². The van der Waals surface area contributed by atoms with Crippen LogP contribution in [-0.4, -0.2) is 42.3 Å². The third-order valence-corrected chi connectivity index (χ3v) is 4.54. The van der Waals surface area contributed by atoms with Gasteiger partial charge in [0.15, 0.2) is 0 Å². The molecule has 0 saturated heterocycles. The van der Waals surface area contributed by atoms with E-state index in [9.17, 15) is 10.0 Å². The maximum Gasteiger partial charge on any atom is 0.492 e. The van der Waals surface area contributed by atoms with Gasteiger partial charge < -0.3 is 14.8 Å². The lowest BCUT2D eigenvalue weighted by atomic mass is 9.78. The Balaban J connectivity index is 2.06. The number of ether oxygens (including phenoxy) is 1. The van der Waals surface area contributed by atoms with Crippen LogP contribution in [0.4, 0.5) is 0 Å². The molecule has 5 heteroatoms. The summed E-state index contributed by atoms with van der Waals surface area (Å²) in [6.07, 6.45) is 5.15. The smallest absolute Gasteiger partial charge is 0.492 e. The molecule has 0 heterocycles. The third kappa shape index (κ3) is 4.22. The molecular weight excluding hydrogens is 265 g/mol. The van der Waals surface area contributed by atoms with Crippen LogP contribution < -0.4 is 10.2 Å². The highest BCUT2D eigenvalue weighted by molar-refractivity contribution is 6.59. The molecule has 0 amide bonds. The van der Waals surface area contributed by atoms with Crippen molar-refractivity contribution in [1.29, 1.82) is 0 Å². The van der Waals surface area contributed by atoms with Gasteiger partial charge in [0, 0.05) is 18.0 Å². The Morgan fingerprint density at radius 1 is 1.33 bits per heavy atom. The van der Waals surface area contributed by atoms with Crippen molar-refractivity contribution in [3.8, 4) is 5.75 Å². The molecule has 1 aliphatic rings. The zero-order chi connectivity index (χ0) is 15.4. The van der Waals surface area contributed by atoms with Crippen LogP contribution in [0.25, 0.3) is 0 Å². The Morgan fingerprint density at radius 2 is 2.10 bits per heavy atom. The maximum absolute atomic E-state index is 9.44. The highest BCUT2D eigenvalue weighted by atomic mass is 16.5. The van der Waals surface area contributed by atoms with E-state index in [1.54, 1.807) is 6.07 Å². The predicted molar refractivity (Wildman–Crippen MR) is 85.7 cm³/mol. The van der Waals surface area contributed by atoms with Gasteiger partial charge in [-0.2, -0.15) is 0 Å². The fraction of sp³-hybridized carbons (Fsp3) is 0.625. The van der Waals surface area contributed by atoms with Crippen LogP contribution in [0.15, 0.2) is 18.2 Å². The average molecular weight is 291 g/mol. The summed E-state index contributed by atoms with van der Waals surface area (Å²) in [6, 6.07) is 6.25. The number of hydrogen-bond donors (Lipinski definition) is 2. The van der Waals surface area contributed by atoms with Gasteiger partial charge in [0.05, 0.1) is 7.11 Å². The van der Waals surface area contributed by atoms with Crippen LogP contribution in [-0.2, 0) is 6.54 Å². The number of nitrogens with zero attached hydrogens (tertiary/aromatic N) is 1. The van der Waals surface area contributed by atoms with Crippen LogP contribution in [0.5, 0.6) is 5.75 Å². The Hall–Kier alpha value is -1.04. The van der Waals surface area contributed by atoms with E-state index in [2.05, 4.69) is 18.9 Å². The molecule has 1 aromatic rings. The summed E-state index contributed by atoms with van der Waals surface area (Å²) in [4.78, 5) is 2.38. The van der Waals surface area contributed by atoms with Gasteiger partial charge in [-0.15, -0.1) is 0 Å².